The van der Waals surface area contributed by atoms with Crippen molar-refractivity contribution in [1.82, 2.24) is 0 Å². The Morgan fingerprint density at radius 2 is 2.00 bits per heavy atom. The highest BCUT2D eigenvalue weighted by Crippen LogP contribution is 2.26. The first-order chi connectivity index (χ1) is 4.63. The zero-order chi connectivity index (χ0) is 7.72. The highest BCUT2D eigenvalue weighted by atomic mass is 16.3. The van der Waals surface area contributed by atoms with Gasteiger partial charge >= 0.3 is 0 Å². The molecule has 0 amide bonds. The van der Waals surface area contributed by atoms with E-state index < -0.39 is 0 Å². The monoisotopic (exact) mass is 140 g/mol. The van der Waals surface area contributed by atoms with Crippen LogP contribution in [0, 0.1) is 5.92 Å². The number of rotatable bonds is 1. The van der Waals surface area contributed by atoms with Crippen LogP contribution in [0.2, 0.25) is 0 Å². The summed E-state index contributed by atoms with van der Waals surface area (Å²) in [6.45, 7) is 3.85. The largest absolute Gasteiger partial charge is 0.512 e. The number of carbonyl (C=O) groups excluding carboxylic acids is 1. The van der Waals surface area contributed by atoms with Crippen LogP contribution < -0.4 is 0 Å². The lowest BCUT2D eigenvalue weighted by atomic mass is 10.0. The van der Waals surface area contributed by atoms with Crippen molar-refractivity contribution in [2.24, 2.45) is 5.92 Å². The number of allylic oxidation sites excluding steroid dienone is 2. The number of Topliss-reactive ketones (excluding diaryl/α,β-unsaturated/α-hetero) is 1. The summed E-state index contributed by atoms with van der Waals surface area (Å²) < 4.78 is 0. The molecule has 56 valence electrons. The summed E-state index contributed by atoms with van der Waals surface area (Å²) in [4.78, 5) is 11.0. The molecule has 0 unspecified atom stereocenters. The molecule has 1 aliphatic rings. The van der Waals surface area contributed by atoms with Gasteiger partial charge in [0.15, 0.2) is 5.78 Å². The molecule has 2 heteroatoms. The van der Waals surface area contributed by atoms with Crippen molar-refractivity contribution in [3.05, 3.63) is 11.3 Å². The number of aliphatic hydroxyl groups is 1. The van der Waals surface area contributed by atoms with Crippen molar-refractivity contribution < 1.29 is 9.90 Å². The Balaban J connectivity index is 2.88. The molecule has 0 aromatic rings. The zero-order valence-electron chi connectivity index (χ0n) is 6.35. The lowest BCUT2D eigenvalue weighted by molar-refractivity contribution is -0.115. The van der Waals surface area contributed by atoms with E-state index in [-0.39, 0.29) is 11.7 Å². The molecule has 1 N–H and O–H groups in total. The van der Waals surface area contributed by atoms with Gasteiger partial charge in [-0.25, -0.2) is 0 Å². The molecule has 1 rings (SSSR count). The second kappa shape index (κ2) is 2.45. The molecule has 10 heavy (non-hydrogen) atoms. The Morgan fingerprint density at radius 1 is 1.40 bits per heavy atom. The summed E-state index contributed by atoms with van der Waals surface area (Å²) in [5.41, 5.74) is 0.639. The molecule has 0 spiro atoms. The van der Waals surface area contributed by atoms with Crippen LogP contribution in [-0.4, -0.2) is 10.9 Å². The normalized spacial score (nSPS) is 19.3. The fourth-order valence-electron chi connectivity index (χ4n) is 1.32. The van der Waals surface area contributed by atoms with Gasteiger partial charge in [0.1, 0.15) is 0 Å². The number of carbonyl (C=O) groups is 1. The quantitative estimate of drug-likeness (QED) is 0.603. The first-order valence-corrected chi connectivity index (χ1v) is 3.58. The first-order valence-electron chi connectivity index (χ1n) is 3.58. The molecule has 0 fully saturated rings. The maximum atomic E-state index is 11.0. The average molecular weight is 140 g/mol. The minimum absolute atomic E-state index is 0.118. The second-order valence-electron chi connectivity index (χ2n) is 2.94. The van der Waals surface area contributed by atoms with Crippen LogP contribution >= 0.6 is 0 Å². The zero-order valence-corrected chi connectivity index (χ0v) is 6.35. The van der Waals surface area contributed by atoms with Gasteiger partial charge < -0.3 is 5.11 Å². The van der Waals surface area contributed by atoms with Crippen molar-refractivity contribution in [1.29, 1.82) is 0 Å². The van der Waals surface area contributed by atoms with Crippen LogP contribution in [0.15, 0.2) is 11.3 Å². The summed E-state index contributed by atoms with van der Waals surface area (Å²) in [5, 5.41) is 9.19. The van der Waals surface area contributed by atoms with Gasteiger partial charge in [0.05, 0.1) is 5.76 Å². The van der Waals surface area contributed by atoms with E-state index in [1.165, 1.54) is 0 Å². The Kier molecular flexibility index (Phi) is 1.79. The molecule has 0 heterocycles. The number of hydrogen-bond acceptors (Lipinski definition) is 2. The molecule has 0 bridgehead atoms. The molecule has 0 aromatic heterocycles. The highest BCUT2D eigenvalue weighted by Gasteiger charge is 2.24. The Hall–Kier alpha value is -0.790. The van der Waals surface area contributed by atoms with Crippen molar-refractivity contribution in [2.45, 2.75) is 26.7 Å². The topological polar surface area (TPSA) is 37.3 Å². The van der Waals surface area contributed by atoms with E-state index in [2.05, 4.69) is 0 Å². The summed E-state index contributed by atoms with van der Waals surface area (Å²) >= 11 is 0. The number of aliphatic hydroxyl groups excluding tert-OH is 1. The van der Waals surface area contributed by atoms with Gasteiger partial charge in [0, 0.05) is 18.4 Å². The summed E-state index contributed by atoms with van der Waals surface area (Å²) in [6.07, 6.45) is 1.05. The molecular weight excluding hydrogens is 128 g/mol. The molecule has 2 nitrogen and oxygen atoms in total. The fraction of sp³-hybridized carbons (Fsp3) is 0.625. The van der Waals surface area contributed by atoms with Crippen molar-refractivity contribution in [3.8, 4) is 0 Å². The molecular formula is C8H12O2. The fourth-order valence-corrected chi connectivity index (χ4v) is 1.32. The standard InChI is InChI=1S/C8H12O2/c1-5(2)8-6(9)3-4-7(8)10/h5,9H,3-4H2,1-2H3. The Bertz CT molecular complexity index is 189. The third kappa shape index (κ3) is 1.06. The lowest BCUT2D eigenvalue weighted by Gasteiger charge is -2.03. The van der Waals surface area contributed by atoms with Gasteiger partial charge in [-0.3, -0.25) is 4.79 Å². The number of hydrogen-bond donors (Lipinski definition) is 1. The maximum absolute atomic E-state index is 11.0. The smallest absolute Gasteiger partial charge is 0.162 e. The number of ketones is 1. The summed E-state index contributed by atoms with van der Waals surface area (Å²) in [7, 11) is 0. The van der Waals surface area contributed by atoms with Crippen LogP contribution in [0.25, 0.3) is 0 Å². The van der Waals surface area contributed by atoms with Gasteiger partial charge in [-0.15, -0.1) is 0 Å². The van der Waals surface area contributed by atoms with Gasteiger partial charge in [-0.2, -0.15) is 0 Å². The predicted molar refractivity (Wildman–Crippen MR) is 38.7 cm³/mol. The Morgan fingerprint density at radius 3 is 2.20 bits per heavy atom. The van der Waals surface area contributed by atoms with Gasteiger partial charge in [-0.1, -0.05) is 13.8 Å². The van der Waals surface area contributed by atoms with E-state index in [0.717, 1.165) is 0 Å². The van der Waals surface area contributed by atoms with Gasteiger partial charge in [0.2, 0.25) is 0 Å². The predicted octanol–water partition coefficient (Wildman–Crippen LogP) is 1.82. The second-order valence-corrected chi connectivity index (χ2v) is 2.94. The molecule has 0 aliphatic heterocycles. The maximum Gasteiger partial charge on any atom is 0.162 e. The van der Waals surface area contributed by atoms with Crippen LogP contribution in [0.1, 0.15) is 26.7 Å². The SMILES string of the molecule is CC(C)C1=C(O)CCC1=O. The van der Waals surface area contributed by atoms with Crippen molar-refractivity contribution in [3.63, 3.8) is 0 Å². The first kappa shape index (κ1) is 7.32. The Labute approximate surface area is 60.6 Å². The summed E-state index contributed by atoms with van der Waals surface area (Å²) in [6, 6.07) is 0. The minimum atomic E-state index is 0.118. The van der Waals surface area contributed by atoms with Gasteiger partial charge in [0.25, 0.3) is 0 Å². The average Bonchev–Trinajstić information content (AvgIpc) is 2.11. The van der Waals surface area contributed by atoms with E-state index in [9.17, 15) is 9.90 Å². The van der Waals surface area contributed by atoms with Crippen molar-refractivity contribution in [2.75, 3.05) is 0 Å². The molecule has 1 aliphatic carbocycles. The van der Waals surface area contributed by atoms with Crippen LogP contribution in [0.3, 0.4) is 0 Å². The molecule has 0 saturated heterocycles. The highest BCUT2D eigenvalue weighted by molar-refractivity contribution is 5.98. The van der Waals surface area contributed by atoms with Crippen LogP contribution in [0.5, 0.6) is 0 Å². The molecule has 0 atom stereocenters. The van der Waals surface area contributed by atoms with Crippen molar-refractivity contribution >= 4 is 5.78 Å². The molecule has 0 aromatic carbocycles. The third-order valence-corrected chi connectivity index (χ3v) is 1.78. The van der Waals surface area contributed by atoms with E-state index >= 15 is 0 Å². The molecule has 0 saturated carbocycles. The molecule has 0 radical (unpaired) electrons. The summed E-state index contributed by atoms with van der Waals surface area (Å²) in [5.74, 6) is 0.600. The van der Waals surface area contributed by atoms with E-state index in [1.807, 2.05) is 13.8 Å². The minimum Gasteiger partial charge on any atom is -0.512 e. The van der Waals surface area contributed by atoms with E-state index in [4.69, 9.17) is 0 Å². The van der Waals surface area contributed by atoms with Crippen LogP contribution in [0.4, 0.5) is 0 Å². The van der Waals surface area contributed by atoms with Gasteiger partial charge in [-0.05, 0) is 5.92 Å². The van der Waals surface area contributed by atoms with E-state index in [1.54, 1.807) is 0 Å². The third-order valence-electron chi connectivity index (χ3n) is 1.78. The van der Waals surface area contributed by atoms with E-state index in [0.29, 0.717) is 24.2 Å². The van der Waals surface area contributed by atoms with Crippen LogP contribution in [-0.2, 0) is 4.79 Å². The lowest BCUT2D eigenvalue weighted by Crippen LogP contribution is -2.03.